The zero-order valence-corrected chi connectivity index (χ0v) is 15.9. The lowest BCUT2D eigenvalue weighted by molar-refractivity contribution is -0.127. The number of hydrogen-bond donors (Lipinski definition) is 1. The Kier molecular flexibility index (Phi) is 6.53. The molecule has 1 unspecified atom stereocenters. The van der Waals surface area contributed by atoms with E-state index in [0.717, 1.165) is 49.6 Å². The van der Waals surface area contributed by atoms with Gasteiger partial charge in [-0.15, -0.1) is 16.6 Å². The van der Waals surface area contributed by atoms with E-state index in [2.05, 4.69) is 32.6 Å². The highest BCUT2D eigenvalue weighted by Crippen LogP contribution is 2.22. The number of hydrogen-bond acceptors (Lipinski definition) is 5. The summed E-state index contributed by atoms with van der Waals surface area (Å²) >= 11 is 1.77. The first-order chi connectivity index (χ1) is 12.7. The molecule has 0 bridgehead atoms. The van der Waals surface area contributed by atoms with Gasteiger partial charge in [-0.3, -0.25) is 14.1 Å². The van der Waals surface area contributed by atoms with Gasteiger partial charge in [-0.05, 0) is 56.5 Å². The molecule has 1 saturated heterocycles. The number of carbonyl (C=O) groups is 1. The van der Waals surface area contributed by atoms with Gasteiger partial charge in [0.2, 0.25) is 5.91 Å². The third-order valence-corrected chi connectivity index (χ3v) is 5.50. The third kappa shape index (κ3) is 4.37. The van der Waals surface area contributed by atoms with Crippen molar-refractivity contribution in [1.82, 2.24) is 24.8 Å². The second-order valence-electron chi connectivity index (χ2n) is 6.58. The van der Waals surface area contributed by atoms with Crippen LogP contribution in [0.3, 0.4) is 0 Å². The van der Waals surface area contributed by atoms with Gasteiger partial charge < -0.3 is 5.32 Å². The summed E-state index contributed by atoms with van der Waals surface area (Å²) in [7, 11) is 0. The van der Waals surface area contributed by atoms with Gasteiger partial charge in [-0.2, -0.15) is 11.8 Å². The van der Waals surface area contributed by atoms with E-state index < -0.39 is 0 Å². The Morgan fingerprint density at radius 1 is 1.42 bits per heavy atom. The molecule has 7 heteroatoms. The van der Waals surface area contributed by atoms with Crippen LogP contribution in [0.25, 0.3) is 5.65 Å². The number of terminal acetylenes is 1. The number of thioether (sulfide) groups is 1. The second kappa shape index (κ2) is 9.06. The Balaban J connectivity index is 1.69. The summed E-state index contributed by atoms with van der Waals surface area (Å²) in [6, 6.07) is 5.68. The summed E-state index contributed by atoms with van der Waals surface area (Å²) in [4.78, 5) is 15.1. The maximum Gasteiger partial charge on any atom is 0.223 e. The van der Waals surface area contributed by atoms with Crippen LogP contribution in [0.2, 0.25) is 0 Å². The average Bonchev–Trinajstić information content (AvgIpc) is 3.10. The number of pyridine rings is 1. The number of likely N-dealkylation sites (tertiary alicyclic amines) is 1. The molecule has 0 aliphatic carbocycles. The normalized spacial score (nSPS) is 17.1. The van der Waals surface area contributed by atoms with Crippen molar-refractivity contribution < 1.29 is 4.79 Å². The lowest BCUT2D eigenvalue weighted by Gasteiger charge is -2.30. The number of fused-ring (bicyclic) bond motifs is 1. The Morgan fingerprint density at radius 2 is 2.23 bits per heavy atom. The summed E-state index contributed by atoms with van der Waals surface area (Å²) in [6.07, 6.45) is 11.9. The lowest BCUT2D eigenvalue weighted by Crippen LogP contribution is -2.42. The van der Waals surface area contributed by atoms with Crippen molar-refractivity contribution in [2.24, 2.45) is 5.92 Å². The molecule has 0 saturated carbocycles. The molecular weight excluding hydrogens is 346 g/mol. The fraction of sp³-hybridized carbons (Fsp3) is 0.526. The first-order valence-electron chi connectivity index (χ1n) is 8.97. The summed E-state index contributed by atoms with van der Waals surface area (Å²) in [5, 5.41) is 11.8. The predicted molar refractivity (Wildman–Crippen MR) is 105 cm³/mol. The highest BCUT2D eigenvalue weighted by molar-refractivity contribution is 7.98. The zero-order valence-electron chi connectivity index (χ0n) is 15.1. The van der Waals surface area contributed by atoms with Crippen molar-refractivity contribution in [3.8, 4) is 12.3 Å². The van der Waals surface area contributed by atoms with E-state index in [1.165, 1.54) is 0 Å². The first-order valence-corrected chi connectivity index (χ1v) is 10.4. The number of nitrogens with one attached hydrogen (secondary N) is 1. The molecule has 1 amide bonds. The molecule has 1 fully saturated rings. The highest BCUT2D eigenvalue weighted by Gasteiger charge is 2.28. The molecular formula is C19H25N5OS. The Labute approximate surface area is 158 Å². The van der Waals surface area contributed by atoms with Crippen LogP contribution in [0.1, 0.15) is 31.1 Å². The minimum atomic E-state index is -0.129. The Bertz CT molecular complexity index is 776. The molecule has 2 aromatic rings. The molecule has 3 heterocycles. The number of piperidine rings is 1. The van der Waals surface area contributed by atoms with Gasteiger partial charge in [-0.1, -0.05) is 12.0 Å². The van der Waals surface area contributed by atoms with Gasteiger partial charge in [0.15, 0.2) is 11.5 Å². The van der Waals surface area contributed by atoms with Crippen molar-refractivity contribution in [2.75, 3.05) is 31.6 Å². The fourth-order valence-electron chi connectivity index (χ4n) is 3.37. The molecule has 1 aliphatic heterocycles. The monoisotopic (exact) mass is 371 g/mol. The minimum absolute atomic E-state index is 0.0417. The highest BCUT2D eigenvalue weighted by atomic mass is 32.2. The topological polar surface area (TPSA) is 62.5 Å². The molecule has 0 radical (unpaired) electrons. The maximum absolute atomic E-state index is 12.8. The van der Waals surface area contributed by atoms with Crippen molar-refractivity contribution in [2.45, 2.75) is 25.3 Å². The van der Waals surface area contributed by atoms with Crippen LogP contribution < -0.4 is 5.32 Å². The molecule has 2 aromatic heterocycles. The Hall–Kier alpha value is -2.04. The minimum Gasteiger partial charge on any atom is -0.346 e. The molecule has 6 nitrogen and oxygen atoms in total. The standard InChI is InChI=1S/C19H25N5OS/c1-3-10-23-12-7-15(8-13-23)19(25)20-16(9-14-26-2)18-22-21-17-6-4-5-11-24(17)18/h1,4-6,11,15-16H,7-10,12-14H2,2H3,(H,20,25). The van der Waals surface area contributed by atoms with Gasteiger partial charge >= 0.3 is 0 Å². The van der Waals surface area contributed by atoms with Crippen LogP contribution in [0.4, 0.5) is 0 Å². The van der Waals surface area contributed by atoms with E-state index in [0.29, 0.717) is 6.54 Å². The van der Waals surface area contributed by atoms with Crippen molar-refractivity contribution in [3.63, 3.8) is 0 Å². The van der Waals surface area contributed by atoms with Gasteiger partial charge in [0.25, 0.3) is 0 Å². The summed E-state index contributed by atoms with van der Waals surface area (Å²) in [5.41, 5.74) is 0.800. The number of aromatic nitrogens is 3. The average molecular weight is 372 g/mol. The van der Waals surface area contributed by atoms with Gasteiger partial charge in [0.1, 0.15) is 0 Å². The molecule has 1 aliphatic rings. The Morgan fingerprint density at radius 3 is 2.96 bits per heavy atom. The van der Waals surface area contributed by atoms with Crippen LogP contribution in [-0.4, -0.2) is 57.0 Å². The van der Waals surface area contributed by atoms with Crippen LogP contribution in [0.15, 0.2) is 24.4 Å². The molecule has 1 N–H and O–H groups in total. The molecule has 26 heavy (non-hydrogen) atoms. The SMILES string of the molecule is C#CCN1CCC(C(=O)NC(CCSC)c2nnc3ccccn23)CC1. The van der Waals surface area contributed by atoms with E-state index in [9.17, 15) is 4.79 Å². The number of carbonyl (C=O) groups excluding carboxylic acids is 1. The molecule has 3 rings (SSSR count). The van der Waals surface area contributed by atoms with E-state index >= 15 is 0 Å². The molecule has 1 atom stereocenters. The smallest absolute Gasteiger partial charge is 0.223 e. The van der Waals surface area contributed by atoms with Gasteiger partial charge in [0.05, 0.1) is 12.6 Å². The quantitative estimate of drug-likeness (QED) is 0.754. The molecule has 0 aromatic carbocycles. The van der Waals surface area contributed by atoms with Crippen LogP contribution in [0, 0.1) is 18.3 Å². The van der Waals surface area contributed by atoms with E-state index in [4.69, 9.17) is 6.42 Å². The lowest BCUT2D eigenvalue weighted by atomic mass is 9.95. The van der Waals surface area contributed by atoms with E-state index in [-0.39, 0.29) is 17.9 Å². The number of amides is 1. The number of nitrogens with zero attached hydrogens (tertiary/aromatic N) is 4. The summed E-state index contributed by atoms with van der Waals surface area (Å²) < 4.78 is 1.96. The van der Waals surface area contributed by atoms with Crippen molar-refractivity contribution >= 4 is 23.3 Å². The second-order valence-corrected chi connectivity index (χ2v) is 7.57. The van der Waals surface area contributed by atoms with E-state index in [1.807, 2.05) is 28.8 Å². The summed E-state index contributed by atoms with van der Waals surface area (Å²) in [5.74, 6) is 4.58. The van der Waals surface area contributed by atoms with Gasteiger partial charge in [0, 0.05) is 12.1 Å². The fourth-order valence-corrected chi connectivity index (χ4v) is 3.84. The van der Waals surface area contributed by atoms with Crippen LogP contribution in [0.5, 0.6) is 0 Å². The van der Waals surface area contributed by atoms with Gasteiger partial charge in [-0.25, -0.2) is 0 Å². The van der Waals surface area contributed by atoms with Crippen molar-refractivity contribution in [1.29, 1.82) is 0 Å². The predicted octanol–water partition coefficient (Wildman–Crippen LogP) is 1.98. The van der Waals surface area contributed by atoms with E-state index in [1.54, 1.807) is 11.8 Å². The molecule has 138 valence electrons. The summed E-state index contributed by atoms with van der Waals surface area (Å²) in [6.45, 7) is 2.42. The van der Waals surface area contributed by atoms with Crippen LogP contribution in [-0.2, 0) is 4.79 Å². The zero-order chi connectivity index (χ0) is 18.4. The van der Waals surface area contributed by atoms with Crippen LogP contribution >= 0.6 is 11.8 Å². The number of rotatable bonds is 7. The van der Waals surface area contributed by atoms with Crippen molar-refractivity contribution in [3.05, 3.63) is 30.2 Å². The third-order valence-electron chi connectivity index (χ3n) is 4.85. The largest absolute Gasteiger partial charge is 0.346 e. The molecule has 0 spiro atoms. The maximum atomic E-state index is 12.8. The first kappa shape index (κ1) is 18.7.